The molecule has 2 amide bonds. The second kappa shape index (κ2) is 13.7. The molecule has 1 N–H and O–H groups in total. The molecule has 0 heterocycles. The van der Waals surface area contributed by atoms with E-state index in [-0.39, 0.29) is 23.4 Å². The van der Waals surface area contributed by atoms with Crippen molar-refractivity contribution in [3.63, 3.8) is 0 Å². The summed E-state index contributed by atoms with van der Waals surface area (Å²) in [6.45, 7) is 7.19. The Balaban J connectivity index is 1.75. The summed E-state index contributed by atoms with van der Waals surface area (Å²) in [6, 6.07) is 18.5. The van der Waals surface area contributed by atoms with E-state index in [1.54, 1.807) is 49.4 Å². The summed E-state index contributed by atoms with van der Waals surface area (Å²) in [5.41, 5.74) is 3.77. The van der Waals surface area contributed by atoms with Crippen molar-refractivity contribution < 1.29 is 18.0 Å². The first kappa shape index (κ1) is 31.6. The predicted octanol–water partition coefficient (Wildman–Crippen LogP) is 6.33. The summed E-state index contributed by atoms with van der Waals surface area (Å²) in [7, 11) is -4.14. The van der Waals surface area contributed by atoms with Gasteiger partial charge in [-0.1, -0.05) is 73.3 Å². The van der Waals surface area contributed by atoms with Gasteiger partial charge in [-0.2, -0.15) is 0 Å². The van der Waals surface area contributed by atoms with E-state index in [2.05, 4.69) is 5.32 Å². The van der Waals surface area contributed by atoms with Crippen LogP contribution in [-0.2, 0) is 26.2 Å². The first-order valence-corrected chi connectivity index (χ1v) is 16.3. The number of sulfonamides is 1. The third kappa shape index (κ3) is 7.34. The molecule has 224 valence electrons. The standard InChI is InChI=1S/C33H40ClN3O4S/c1-5-30(33(39)35-28-12-8-9-13-28)36(21-26-11-7-6-10-24(26)3)32(38)22-37(31-19-16-27(34)20-25(31)4)42(40,41)29-17-14-23(2)15-18-29/h6-7,10-11,14-20,28,30H,5,8-9,12-13,21-22H2,1-4H3,(H,35,39)/t30-/m1/s1. The van der Waals surface area contributed by atoms with Gasteiger partial charge < -0.3 is 10.2 Å². The minimum absolute atomic E-state index is 0.0757. The van der Waals surface area contributed by atoms with Crippen molar-refractivity contribution in [2.45, 2.75) is 83.3 Å². The van der Waals surface area contributed by atoms with Crippen LogP contribution in [-0.4, -0.2) is 43.8 Å². The first-order chi connectivity index (χ1) is 20.0. The molecule has 1 fully saturated rings. The van der Waals surface area contributed by atoms with Crippen LogP contribution in [0.3, 0.4) is 0 Å². The van der Waals surface area contributed by atoms with Crippen molar-refractivity contribution in [1.82, 2.24) is 10.2 Å². The lowest BCUT2D eigenvalue weighted by Crippen LogP contribution is -2.53. The minimum Gasteiger partial charge on any atom is -0.352 e. The van der Waals surface area contributed by atoms with Crippen molar-refractivity contribution in [3.8, 4) is 0 Å². The molecule has 1 aliphatic carbocycles. The lowest BCUT2D eigenvalue weighted by atomic mass is 10.1. The van der Waals surface area contributed by atoms with Crippen LogP contribution in [0.2, 0.25) is 5.02 Å². The average Bonchev–Trinajstić information content (AvgIpc) is 3.46. The van der Waals surface area contributed by atoms with E-state index in [0.29, 0.717) is 22.7 Å². The van der Waals surface area contributed by atoms with E-state index in [0.717, 1.165) is 46.7 Å². The van der Waals surface area contributed by atoms with Crippen LogP contribution >= 0.6 is 11.6 Å². The average molecular weight is 610 g/mol. The second-order valence-electron chi connectivity index (χ2n) is 11.1. The van der Waals surface area contributed by atoms with Gasteiger partial charge in [0.15, 0.2) is 0 Å². The largest absolute Gasteiger partial charge is 0.352 e. The van der Waals surface area contributed by atoms with Gasteiger partial charge in [-0.15, -0.1) is 0 Å². The number of amides is 2. The Morgan fingerprint density at radius 2 is 1.62 bits per heavy atom. The van der Waals surface area contributed by atoms with Crippen molar-refractivity contribution in [1.29, 1.82) is 0 Å². The predicted molar refractivity (Wildman–Crippen MR) is 168 cm³/mol. The summed E-state index contributed by atoms with van der Waals surface area (Å²) in [5, 5.41) is 3.61. The highest BCUT2D eigenvalue weighted by atomic mass is 35.5. The summed E-state index contributed by atoms with van der Waals surface area (Å²) in [5.74, 6) is -0.668. The number of halogens is 1. The number of hydrogen-bond donors (Lipinski definition) is 1. The third-order valence-corrected chi connectivity index (χ3v) is 10.0. The second-order valence-corrected chi connectivity index (χ2v) is 13.4. The van der Waals surface area contributed by atoms with E-state index in [1.807, 2.05) is 45.0 Å². The lowest BCUT2D eigenvalue weighted by Gasteiger charge is -2.34. The maximum atomic E-state index is 14.3. The number of hydrogen-bond acceptors (Lipinski definition) is 4. The van der Waals surface area contributed by atoms with E-state index in [9.17, 15) is 18.0 Å². The molecule has 7 nitrogen and oxygen atoms in total. The number of carbonyl (C=O) groups excluding carboxylic acids is 2. The molecule has 0 radical (unpaired) electrons. The lowest BCUT2D eigenvalue weighted by molar-refractivity contribution is -0.140. The Morgan fingerprint density at radius 1 is 0.952 bits per heavy atom. The molecule has 0 saturated heterocycles. The molecule has 0 aromatic heterocycles. The van der Waals surface area contributed by atoms with Crippen molar-refractivity contribution in [2.24, 2.45) is 0 Å². The van der Waals surface area contributed by atoms with Crippen LogP contribution in [0.25, 0.3) is 0 Å². The highest BCUT2D eigenvalue weighted by Crippen LogP contribution is 2.30. The molecule has 0 spiro atoms. The molecule has 1 aliphatic rings. The third-order valence-electron chi connectivity index (χ3n) is 8.00. The fourth-order valence-electron chi connectivity index (χ4n) is 5.51. The van der Waals surface area contributed by atoms with Gasteiger partial charge in [0.25, 0.3) is 10.0 Å². The maximum Gasteiger partial charge on any atom is 0.264 e. The number of aryl methyl sites for hydroxylation is 3. The maximum absolute atomic E-state index is 14.3. The monoisotopic (exact) mass is 609 g/mol. The van der Waals surface area contributed by atoms with Gasteiger partial charge in [0.2, 0.25) is 11.8 Å². The smallest absolute Gasteiger partial charge is 0.264 e. The zero-order chi connectivity index (χ0) is 30.4. The Labute approximate surface area is 254 Å². The van der Waals surface area contributed by atoms with E-state index in [1.165, 1.54) is 4.90 Å². The van der Waals surface area contributed by atoms with E-state index >= 15 is 0 Å². The van der Waals surface area contributed by atoms with Crippen LogP contribution in [0.5, 0.6) is 0 Å². The van der Waals surface area contributed by atoms with Gasteiger partial charge in [-0.05, 0) is 87.1 Å². The van der Waals surface area contributed by atoms with Crippen LogP contribution in [0.4, 0.5) is 5.69 Å². The number of carbonyl (C=O) groups is 2. The minimum atomic E-state index is -4.14. The molecule has 0 aliphatic heterocycles. The number of benzene rings is 3. The Kier molecular flexibility index (Phi) is 10.3. The van der Waals surface area contributed by atoms with Gasteiger partial charge in [0.1, 0.15) is 12.6 Å². The zero-order valence-corrected chi connectivity index (χ0v) is 26.3. The van der Waals surface area contributed by atoms with Gasteiger partial charge in [-0.25, -0.2) is 8.42 Å². The molecule has 4 rings (SSSR count). The van der Waals surface area contributed by atoms with Gasteiger partial charge >= 0.3 is 0 Å². The zero-order valence-electron chi connectivity index (χ0n) is 24.8. The fourth-order valence-corrected chi connectivity index (χ4v) is 7.21. The molecule has 42 heavy (non-hydrogen) atoms. The van der Waals surface area contributed by atoms with Crippen molar-refractivity contribution >= 4 is 39.1 Å². The van der Waals surface area contributed by atoms with Crippen molar-refractivity contribution in [3.05, 3.63) is 94.0 Å². The topological polar surface area (TPSA) is 86.8 Å². The van der Waals surface area contributed by atoms with Crippen LogP contribution in [0, 0.1) is 20.8 Å². The molecule has 1 atom stereocenters. The molecule has 0 unspecified atom stereocenters. The number of anilines is 1. The molecule has 3 aromatic rings. The van der Waals surface area contributed by atoms with Gasteiger partial charge in [0.05, 0.1) is 10.6 Å². The molecular formula is C33H40ClN3O4S. The summed E-state index contributed by atoms with van der Waals surface area (Å²) < 4.78 is 29.3. The van der Waals surface area contributed by atoms with Gasteiger partial charge in [0, 0.05) is 17.6 Å². The Morgan fingerprint density at radius 3 is 2.24 bits per heavy atom. The highest BCUT2D eigenvalue weighted by Gasteiger charge is 2.35. The Hall–Kier alpha value is -3.36. The normalized spacial score (nSPS) is 14.4. The Bertz CT molecular complexity index is 1520. The van der Waals surface area contributed by atoms with Crippen molar-refractivity contribution in [2.75, 3.05) is 10.8 Å². The quantitative estimate of drug-likeness (QED) is 0.275. The molecule has 1 saturated carbocycles. The molecule has 9 heteroatoms. The molecule has 0 bridgehead atoms. The fraction of sp³-hybridized carbons (Fsp3) is 0.394. The SMILES string of the molecule is CC[C@H](C(=O)NC1CCCC1)N(Cc1ccccc1C)C(=O)CN(c1ccc(Cl)cc1C)S(=O)(=O)c1ccc(C)cc1. The first-order valence-electron chi connectivity index (χ1n) is 14.5. The number of rotatable bonds is 11. The molecular weight excluding hydrogens is 570 g/mol. The van der Waals surface area contributed by atoms with Crippen LogP contribution in [0.15, 0.2) is 71.6 Å². The van der Waals surface area contributed by atoms with Crippen LogP contribution in [0.1, 0.15) is 61.3 Å². The summed E-state index contributed by atoms with van der Waals surface area (Å²) in [4.78, 5) is 29.5. The summed E-state index contributed by atoms with van der Waals surface area (Å²) in [6.07, 6.45) is 4.37. The van der Waals surface area contributed by atoms with Gasteiger partial charge in [-0.3, -0.25) is 13.9 Å². The highest BCUT2D eigenvalue weighted by molar-refractivity contribution is 7.92. The van der Waals surface area contributed by atoms with E-state index < -0.39 is 28.5 Å². The van der Waals surface area contributed by atoms with Crippen LogP contribution < -0.4 is 9.62 Å². The molecule has 3 aromatic carbocycles. The van der Waals surface area contributed by atoms with E-state index in [4.69, 9.17) is 11.6 Å². The number of nitrogens with one attached hydrogen (secondary N) is 1. The number of nitrogens with zero attached hydrogens (tertiary/aromatic N) is 2. The summed E-state index contributed by atoms with van der Waals surface area (Å²) >= 11 is 6.21.